The van der Waals surface area contributed by atoms with Crippen LogP contribution in [0.3, 0.4) is 0 Å². The summed E-state index contributed by atoms with van der Waals surface area (Å²) in [5.41, 5.74) is 0. The third kappa shape index (κ3) is 2.91. The van der Waals surface area contributed by atoms with Crippen molar-refractivity contribution in [2.45, 2.75) is 17.9 Å². The van der Waals surface area contributed by atoms with Gasteiger partial charge in [-0.25, -0.2) is 18.1 Å². The number of sulfonamides is 1. The Kier molecular flexibility index (Phi) is 4.16. The number of imidazole rings is 1. The number of rotatable bonds is 6. The van der Waals surface area contributed by atoms with Gasteiger partial charge in [0.15, 0.2) is 15.8 Å². The molecule has 3 rings (SSSR count). The number of likely N-dealkylation sites (tertiary alicyclic amines) is 1. The summed E-state index contributed by atoms with van der Waals surface area (Å²) in [6, 6.07) is 0. The van der Waals surface area contributed by atoms with Crippen LogP contribution in [0.1, 0.15) is 12.8 Å². The molecule has 1 fully saturated rings. The van der Waals surface area contributed by atoms with Crippen LogP contribution in [-0.2, 0) is 10.0 Å². The van der Waals surface area contributed by atoms with Crippen molar-refractivity contribution in [3.8, 4) is 0 Å². The Morgan fingerprint density at radius 1 is 1.38 bits per heavy atom. The quantitative estimate of drug-likeness (QED) is 0.820. The lowest BCUT2D eigenvalue weighted by atomic mass is 10.4. The second kappa shape index (κ2) is 5.91. The lowest BCUT2D eigenvalue weighted by Crippen LogP contribution is -2.34. The first-order chi connectivity index (χ1) is 10.1. The SMILES string of the molecule is CNc1nc2sccn2c1S(=O)(=O)NCCN1CCCC1. The molecule has 116 valence electrons. The molecule has 2 aromatic heterocycles. The van der Waals surface area contributed by atoms with E-state index in [-0.39, 0.29) is 5.03 Å². The van der Waals surface area contributed by atoms with Crippen molar-refractivity contribution in [3.05, 3.63) is 11.6 Å². The zero-order chi connectivity index (χ0) is 14.9. The van der Waals surface area contributed by atoms with Gasteiger partial charge in [0, 0.05) is 31.7 Å². The molecule has 2 aromatic rings. The van der Waals surface area contributed by atoms with E-state index in [1.54, 1.807) is 17.6 Å². The van der Waals surface area contributed by atoms with E-state index in [9.17, 15) is 8.42 Å². The summed E-state index contributed by atoms with van der Waals surface area (Å²) in [6.45, 7) is 3.29. The van der Waals surface area contributed by atoms with Crippen LogP contribution in [-0.4, -0.2) is 55.9 Å². The van der Waals surface area contributed by atoms with E-state index < -0.39 is 10.0 Å². The molecule has 0 atom stereocenters. The predicted octanol–water partition coefficient (Wildman–Crippen LogP) is 0.812. The summed E-state index contributed by atoms with van der Waals surface area (Å²) in [7, 11) is -1.90. The Bertz CT molecular complexity index is 715. The zero-order valence-corrected chi connectivity index (χ0v) is 13.5. The molecule has 0 bridgehead atoms. The minimum absolute atomic E-state index is 0.183. The monoisotopic (exact) mass is 329 g/mol. The molecule has 1 saturated heterocycles. The molecule has 0 aliphatic carbocycles. The Morgan fingerprint density at radius 2 is 2.14 bits per heavy atom. The van der Waals surface area contributed by atoms with Crippen LogP contribution in [0.4, 0.5) is 5.82 Å². The van der Waals surface area contributed by atoms with Gasteiger partial charge in [-0.1, -0.05) is 0 Å². The Morgan fingerprint density at radius 3 is 2.86 bits per heavy atom. The average molecular weight is 329 g/mol. The largest absolute Gasteiger partial charge is 0.371 e. The first-order valence-corrected chi connectivity index (χ1v) is 9.33. The molecule has 2 N–H and O–H groups in total. The topological polar surface area (TPSA) is 78.7 Å². The summed E-state index contributed by atoms with van der Waals surface area (Å²) in [4.78, 5) is 7.23. The molecular weight excluding hydrogens is 310 g/mol. The zero-order valence-electron chi connectivity index (χ0n) is 11.9. The van der Waals surface area contributed by atoms with E-state index in [0.29, 0.717) is 17.3 Å². The van der Waals surface area contributed by atoms with Crippen LogP contribution in [0.2, 0.25) is 0 Å². The molecule has 1 aliphatic rings. The summed E-state index contributed by atoms with van der Waals surface area (Å²) in [5, 5.41) is 4.86. The van der Waals surface area contributed by atoms with Crippen molar-refractivity contribution in [1.29, 1.82) is 0 Å². The van der Waals surface area contributed by atoms with Crippen molar-refractivity contribution in [2.24, 2.45) is 0 Å². The fraction of sp³-hybridized carbons (Fsp3) is 0.583. The second-order valence-corrected chi connectivity index (χ2v) is 7.57. The molecule has 0 spiro atoms. The van der Waals surface area contributed by atoms with Gasteiger partial charge in [-0.15, -0.1) is 11.3 Å². The average Bonchev–Trinajstić information content (AvgIpc) is 3.13. The third-order valence-corrected chi connectivity index (χ3v) is 5.87. The van der Waals surface area contributed by atoms with Crippen LogP contribution in [0.5, 0.6) is 0 Å². The van der Waals surface area contributed by atoms with Crippen molar-refractivity contribution in [3.63, 3.8) is 0 Å². The summed E-state index contributed by atoms with van der Waals surface area (Å²) >= 11 is 1.41. The molecule has 21 heavy (non-hydrogen) atoms. The van der Waals surface area contributed by atoms with Crippen molar-refractivity contribution in [2.75, 3.05) is 38.5 Å². The predicted molar refractivity (Wildman–Crippen MR) is 83.5 cm³/mol. The Labute approximate surface area is 128 Å². The molecule has 1 aliphatic heterocycles. The number of thiazole rings is 1. The number of hydrogen-bond acceptors (Lipinski definition) is 6. The Hall–Kier alpha value is -1.16. The number of fused-ring (bicyclic) bond motifs is 1. The lowest BCUT2D eigenvalue weighted by molar-refractivity contribution is 0.344. The van der Waals surface area contributed by atoms with Crippen LogP contribution < -0.4 is 10.0 Å². The molecule has 0 unspecified atom stereocenters. The van der Waals surface area contributed by atoms with Crippen LogP contribution in [0.15, 0.2) is 16.6 Å². The van der Waals surface area contributed by atoms with Gasteiger partial charge in [-0.3, -0.25) is 4.40 Å². The molecule has 0 amide bonds. The van der Waals surface area contributed by atoms with Gasteiger partial charge in [0.05, 0.1) is 0 Å². The number of aromatic nitrogens is 2. The number of nitrogens with one attached hydrogen (secondary N) is 2. The van der Waals surface area contributed by atoms with E-state index in [1.165, 1.54) is 24.2 Å². The minimum Gasteiger partial charge on any atom is -0.371 e. The van der Waals surface area contributed by atoms with Gasteiger partial charge in [0.1, 0.15) is 0 Å². The highest BCUT2D eigenvalue weighted by atomic mass is 32.2. The molecule has 9 heteroatoms. The van der Waals surface area contributed by atoms with Crippen LogP contribution in [0, 0.1) is 0 Å². The van der Waals surface area contributed by atoms with E-state index in [2.05, 4.69) is 19.9 Å². The number of anilines is 1. The van der Waals surface area contributed by atoms with E-state index in [0.717, 1.165) is 19.6 Å². The fourth-order valence-corrected chi connectivity index (χ4v) is 4.67. The molecule has 0 aromatic carbocycles. The lowest BCUT2D eigenvalue weighted by Gasteiger charge is -2.14. The summed E-state index contributed by atoms with van der Waals surface area (Å²) in [6.07, 6.45) is 4.13. The normalized spacial score (nSPS) is 16.8. The maximum atomic E-state index is 12.5. The Balaban J connectivity index is 1.77. The molecular formula is C12H19N5O2S2. The minimum atomic E-state index is -3.58. The maximum absolute atomic E-state index is 12.5. The van der Waals surface area contributed by atoms with Crippen LogP contribution in [0.25, 0.3) is 4.96 Å². The molecule has 3 heterocycles. The number of nitrogens with zero attached hydrogens (tertiary/aromatic N) is 3. The first-order valence-electron chi connectivity index (χ1n) is 6.97. The van der Waals surface area contributed by atoms with Crippen LogP contribution >= 0.6 is 11.3 Å². The van der Waals surface area contributed by atoms with E-state index >= 15 is 0 Å². The van der Waals surface area contributed by atoms with Gasteiger partial charge in [0.2, 0.25) is 0 Å². The van der Waals surface area contributed by atoms with Gasteiger partial charge in [-0.2, -0.15) is 0 Å². The third-order valence-electron chi connectivity index (χ3n) is 3.63. The highest BCUT2D eigenvalue weighted by molar-refractivity contribution is 7.89. The van der Waals surface area contributed by atoms with Gasteiger partial charge < -0.3 is 10.2 Å². The number of hydrogen-bond donors (Lipinski definition) is 2. The van der Waals surface area contributed by atoms with Gasteiger partial charge in [0.25, 0.3) is 10.0 Å². The molecule has 0 radical (unpaired) electrons. The maximum Gasteiger partial charge on any atom is 0.260 e. The smallest absolute Gasteiger partial charge is 0.260 e. The highest BCUT2D eigenvalue weighted by Crippen LogP contribution is 2.25. The second-order valence-electron chi connectivity index (χ2n) is 5.02. The summed E-state index contributed by atoms with van der Waals surface area (Å²) in [5.74, 6) is 0.385. The molecule has 0 saturated carbocycles. The molecule has 7 nitrogen and oxygen atoms in total. The van der Waals surface area contributed by atoms with E-state index in [4.69, 9.17) is 0 Å². The van der Waals surface area contributed by atoms with Gasteiger partial charge in [-0.05, 0) is 25.9 Å². The fourth-order valence-electron chi connectivity index (χ4n) is 2.60. The van der Waals surface area contributed by atoms with Gasteiger partial charge >= 0.3 is 0 Å². The first kappa shape index (κ1) is 14.8. The van der Waals surface area contributed by atoms with Crippen molar-refractivity contribution in [1.82, 2.24) is 19.0 Å². The van der Waals surface area contributed by atoms with Crippen molar-refractivity contribution < 1.29 is 8.42 Å². The highest BCUT2D eigenvalue weighted by Gasteiger charge is 2.25. The van der Waals surface area contributed by atoms with E-state index in [1.807, 2.05) is 5.38 Å². The van der Waals surface area contributed by atoms with Crippen molar-refractivity contribution >= 4 is 32.1 Å². The standard InChI is InChI=1S/C12H19N5O2S2/c1-13-10-11(17-8-9-20-12(17)15-10)21(18,19)14-4-7-16-5-2-3-6-16/h8-9,13-14H,2-7H2,1H3. The summed E-state index contributed by atoms with van der Waals surface area (Å²) < 4.78 is 29.4.